The zero-order valence-corrected chi connectivity index (χ0v) is 11.1. The van der Waals surface area contributed by atoms with Gasteiger partial charge in [0.2, 0.25) is 5.91 Å². The third-order valence-electron chi connectivity index (χ3n) is 4.25. The van der Waals surface area contributed by atoms with Gasteiger partial charge in [-0.25, -0.2) is 0 Å². The minimum absolute atomic E-state index is 0.00235. The van der Waals surface area contributed by atoms with Gasteiger partial charge in [-0.3, -0.25) is 9.59 Å². The van der Waals surface area contributed by atoms with Crippen LogP contribution in [0.1, 0.15) is 24.8 Å². The Labute approximate surface area is 117 Å². The lowest BCUT2D eigenvalue weighted by molar-refractivity contribution is -0.136. The minimum atomic E-state index is -0.895. The highest BCUT2D eigenvalue weighted by Gasteiger charge is 2.42. The van der Waals surface area contributed by atoms with Gasteiger partial charge in [-0.1, -0.05) is 18.2 Å². The summed E-state index contributed by atoms with van der Waals surface area (Å²) in [6, 6.07) is 7.85. The van der Waals surface area contributed by atoms with E-state index in [9.17, 15) is 9.59 Å². The first-order valence-electron chi connectivity index (χ1n) is 7.00. The molecule has 2 aliphatic rings. The molecule has 5 nitrogen and oxygen atoms in total. The van der Waals surface area contributed by atoms with Crippen LogP contribution >= 0.6 is 0 Å². The summed E-state index contributed by atoms with van der Waals surface area (Å²) in [5, 5.41) is 15.2. The maximum Gasteiger partial charge on any atom is 0.307 e. The van der Waals surface area contributed by atoms with Crippen LogP contribution in [-0.2, 0) is 16.0 Å². The molecule has 2 bridgehead atoms. The molecule has 3 rings (SSSR count). The van der Waals surface area contributed by atoms with Crippen LogP contribution < -0.4 is 10.6 Å². The standard InChI is InChI=1S/C15H18N2O3/c18-14(19)7-9-3-1-2-4-12(9)17-15(20)11-8-10-5-6-13(11)16-10/h1-4,10-11,13,16H,5-8H2,(H,17,20)(H,18,19). The van der Waals surface area contributed by atoms with E-state index in [2.05, 4.69) is 10.6 Å². The smallest absolute Gasteiger partial charge is 0.307 e. The van der Waals surface area contributed by atoms with Gasteiger partial charge < -0.3 is 15.7 Å². The van der Waals surface area contributed by atoms with E-state index in [1.807, 2.05) is 0 Å². The van der Waals surface area contributed by atoms with Crippen LogP contribution in [0.4, 0.5) is 5.69 Å². The van der Waals surface area contributed by atoms with Crippen LogP contribution in [0.5, 0.6) is 0 Å². The second kappa shape index (κ2) is 5.25. The number of carboxylic acids is 1. The molecule has 0 aliphatic carbocycles. The third-order valence-corrected chi connectivity index (χ3v) is 4.25. The van der Waals surface area contributed by atoms with Gasteiger partial charge in [0.15, 0.2) is 0 Å². The lowest BCUT2D eigenvalue weighted by Crippen LogP contribution is -2.33. The summed E-state index contributed by atoms with van der Waals surface area (Å²) in [7, 11) is 0. The molecule has 0 radical (unpaired) electrons. The van der Waals surface area contributed by atoms with Crippen molar-refractivity contribution in [2.75, 3.05) is 5.32 Å². The van der Waals surface area contributed by atoms with Crippen molar-refractivity contribution in [3.8, 4) is 0 Å². The molecule has 3 unspecified atom stereocenters. The van der Waals surface area contributed by atoms with Crippen molar-refractivity contribution in [3.05, 3.63) is 29.8 Å². The van der Waals surface area contributed by atoms with Crippen molar-refractivity contribution in [1.82, 2.24) is 5.32 Å². The summed E-state index contributed by atoms with van der Waals surface area (Å²) in [6.45, 7) is 0. The molecule has 2 heterocycles. The quantitative estimate of drug-likeness (QED) is 0.775. The van der Waals surface area contributed by atoms with Crippen LogP contribution in [0, 0.1) is 5.92 Å². The van der Waals surface area contributed by atoms with Gasteiger partial charge in [0, 0.05) is 17.8 Å². The fourth-order valence-electron chi connectivity index (χ4n) is 3.30. The molecule has 1 amide bonds. The summed E-state index contributed by atoms with van der Waals surface area (Å²) in [4.78, 5) is 23.2. The van der Waals surface area contributed by atoms with Crippen molar-refractivity contribution in [2.24, 2.45) is 5.92 Å². The number of amides is 1. The predicted molar refractivity (Wildman–Crippen MR) is 74.5 cm³/mol. The van der Waals surface area contributed by atoms with Crippen molar-refractivity contribution in [3.63, 3.8) is 0 Å². The van der Waals surface area contributed by atoms with Crippen LogP contribution in [0.15, 0.2) is 24.3 Å². The number of aliphatic carboxylic acids is 1. The molecule has 0 spiro atoms. The highest BCUT2D eigenvalue weighted by molar-refractivity contribution is 5.94. The molecule has 3 atom stereocenters. The number of carboxylic acid groups (broad SMARTS) is 1. The summed E-state index contributed by atoms with van der Waals surface area (Å²) in [6.07, 6.45) is 3.02. The van der Waals surface area contributed by atoms with E-state index in [0.717, 1.165) is 19.3 Å². The molecule has 2 fully saturated rings. The van der Waals surface area contributed by atoms with Crippen LogP contribution in [0.25, 0.3) is 0 Å². The molecular weight excluding hydrogens is 256 g/mol. The summed E-state index contributed by atoms with van der Waals surface area (Å²) in [5.74, 6) is -0.887. The number of hydrogen-bond acceptors (Lipinski definition) is 3. The highest BCUT2D eigenvalue weighted by atomic mass is 16.4. The first-order valence-corrected chi connectivity index (χ1v) is 7.00. The molecule has 3 N–H and O–H groups in total. The number of fused-ring (bicyclic) bond motifs is 2. The zero-order valence-electron chi connectivity index (χ0n) is 11.1. The maximum atomic E-state index is 12.3. The summed E-state index contributed by atoms with van der Waals surface area (Å²) >= 11 is 0. The number of benzene rings is 1. The second-order valence-electron chi connectivity index (χ2n) is 5.61. The monoisotopic (exact) mass is 274 g/mol. The molecule has 1 aromatic carbocycles. The Kier molecular flexibility index (Phi) is 3.44. The molecule has 20 heavy (non-hydrogen) atoms. The Morgan fingerprint density at radius 1 is 1.30 bits per heavy atom. The molecule has 2 aliphatic heterocycles. The summed E-state index contributed by atoms with van der Waals surface area (Å²) in [5.41, 5.74) is 1.26. The number of nitrogens with one attached hydrogen (secondary N) is 2. The average molecular weight is 274 g/mol. The molecule has 0 aromatic heterocycles. The van der Waals surface area contributed by atoms with Crippen molar-refractivity contribution in [1.29, 1.82) is 0 Å². The number of hydrogen-bond donors (Lipinski definition) is 3. The second-order valence-corrected chi connectivity index (χ2v) is 5.61. The normalized spacial score (nSPS) is 27.5. The van der Waals surface area contributed by atoms with Crippen molar-refractivity contribution >= 4 is 17.6 Å². The van der Waals surface area contributed by atoms with Crippen LogP contribution in [0.2, 0.25) is 0 Å². The summed E-state index contributed by atoms with van der Waals surface area (Å²) < 4.78 is 0. The van der Waals surface area contributed by atoms with E-state index in [4.69, 9.17) is 5.11 Å². The van der Waals surface area contributed by atoms with Crippen LogP contribution in [-0.4, -0.2) is 29.1 Å². The van der Waals surface area contributed by atoms with E-state index in [1.165, 1.54) is 0 Å². The Morgan fingerprint density at radius 2 is 2.10 bits per heavy atom. The fourth-order valence-corrected chi connectivity index (χ4v) is 3.30. The average Bonchev–Trinajstić information content (AvgIpc) is 3.02. The third kappa shape index (κ3) is 2.54. The van der Waals surface area contributed by atoms with E-state index in [-0.39, 0.29) is 24.3 Å². The SMILES string of the molecule is O=C(O)Cc1ccccc1NC(=O)C1CC2CCC1N2. The molecule has 106 valence electrons. The molecule has 1 aromatic rings. The van der Waals surface area contributed by atoms with E-state index in [1.54, 1.807) is 24.3 Å². The van der Waals surface area contributed by atoms with Gasteiger partial charge in [0.05, 0.1) is 12.3 Å². The highest BCUT2D eigenvalue weighted by Crippen LogP contribution is 2.34. The molecule has 5 heteroatoms. The van der Waals surface area contributed by atoms with Crippen molar-refractivity contribution < 1.29 is 14.7 Å². The van der Waals surface area contributed by atoms with E-state index >= 15 is 0 Å². The Balaban J connectivity index is 1.71. The number of para-hydroxylation sites is 1. The number of carbonyl (C=O) groups excluding carboxylic acids is 1. The lowest BCUT2D eigenvalue weighted by atomic mass is 9.88. The molecule has 2 saturated heterocycles. The topological polar surface area (TPSA) is 78.4 Å². The van der Waals surface area contributed by atoms with Gasteiger partial charge in [0.1, 0.15) is 0 Å². The van der Waals surface area contributed by atoms with E-state index < -0.39 is 5.97 Å². The predicted octanol–water partition coefficient (Wildman–Crippen LogP) is 1.39. The van der Waals surface area contributed by atoms with Gasteiger partial charge in [-0.2, -0.15) is 0 Å². The largest absolute Gasteiger partial charge is 0.481 e. The van der Waals surface area contributed by atoms with Crippen molar-refractivity contribution in [2.45, 2.75) is 37.8 Å². The van der Waals surface area contributed by atoms with Crippen LogP contribution in [0.3, 0.4) is 0 Å². The number of carbonyl (C=O) groups is 2. The van der Waals surface area contributed by atoms with E-state index in [0.29, 0.717) is 17.3 Å². The first-order chi connectivity index (χ1) is 9.63. The first kappa shape index (κ1) is 13.1. The van der Waals surface area contributed by atoms with Gasteiger partial charge in [0.25, 0.3) is 0 Å². The number of anilines is 1. The Bertz CT molecular complexity index is 544. The van der Waals surface area contributed by atoms with Gasteiger partial charge in [-0.15, -0.1) is 0 Å². The number of rotatable bonds is 4. The maximum absolute atomic E-state index is 12.3. The fraction of sp³-hybridized carbons (Fsp3) is 0.467. The molecule has 0 saturated carbocycles. The molecular formula is C15H18N2O3. The minimum Gasteiger partial charge on any atom is -0.481 e. The Hall–Kier alpha value is -1.88. The zero-order chi connectivity index (χ0) is 14.1. The van der Waals surface area contributed by atoms with Gasteiger partial charge >= 0.3 is 5.97 Å². The van der Waals surface area contributed by atoms with Gasteiger partial charge in [-0.05, 0) is 30.9 Å². The lowest BCUT2D eigenvalue weighted by Gasteiger charge is -2.20. The Morgan fingerprint density at radius 3 is 2.75 bits per heavy atom.